The molecule has 0 aliphatic rings. The summed E-state index contributed by atoms with van der Waals surface area (Å²) in [4.78, 5) is 13.0. The molecule has 0 unspecified atom stereocenters. The third kappa shape index (κ3) is 4.13. The topological polar surface area (TPSA) is 35.5 Å². The molecule has 2 aromatic rings. The second-order valence-corrected chi connectivity index (χ2v) is 5.32. The minimum Gasteiger partial charge on any atom is -0.503 e. The second kappa shape index (κ2) is 7.55. The fourth-order valence-corrected chi connectivity index (χ4v) is 2.72. The van der Waals surface area contributed by atoms with Gasteiger partial charge in [-0.2, -0.15) is 0 Å². The lowest BCUT2D eigenvalue weighted by Gasteiger charge is -2.07. The standard InChI is InChI=1S/C17H16O3S/c1-19-12-16(17(18)20-2)21-15-10-6-9-14(11-15)13-7-4-3-5-8-13/h3-12H,1-2H3/b16-12-. The van der Waals surface area contributed by atoms with Crippen LogP contribution in [-0.2, 0) is 14.3 Å². The van der Waals surface area contributed by atoms with Crippen LogP contribution in [0.5, 0.6) is 0 Å². The lowest BCUT2D eigenvalue weighted by atomic mass is 10.1. The van der Waals surface area contributed by atoms with E-state index in [1.165, 1.54) is 32.2 Å². The van der Waals surface area contributed by atoms with E-state index in [0.29, 0.717) is 4.91 Å². The van der Waals surface area contributed by atoms with Gasteiger partial charge in [-0.25, -0.2) is 4.79 Å². The Bertz CT molecular complexity index is 635. The molecule has 0 saturated heterocycles. The van der Waals surface area contributed by atoms with Gasteiger partial charge >= 0.3 is 5.97 Å². The van der Waals surface area contributed by atoms with Crippen LogP contribution in [0.4, 0.5) is 0 Å². The number of rotatable bonds is 5. The highest BCUT2D eigenvalue weighted by molar-refractivity contribution is 8.04. The van der Waals surface area contributed by atoms with Gasteiger partial charge in [0.05, 0.1) is 14.2 Å². The maximum atomic E-state index is 11.7. The van der Waals surface area contributed by atoms with Crippen LogP contribution in [0.15, 0.2) is 70.7 Å². The van der Waals surface area contributed by atoms with E-state index in [4.69, 9.17) is 9.47 Å². The van der Waals surface area contributed by atoms with Crippen LogP contribution in [0.3, 0.4) is 0 Å². The van der Waals surface area contributed by atoms with Gasteiger partial charge in [-0.1, -0.05) is 54.2 Å². The van der Waals surface area contributed by atoms with Crippen molar-refractivity contribution in [3.05, 3.63) is 65.8 Å². The smallest absolute Gasteiger partial charge is 0.347 e. The van der Waals surface area contributed by atoms with Gasteiger partial charge in [0.2, 0.25) is 0 Å². The monoisotopic (exact) mass is 300 g/mol. The van der Waals surface area contributed by atoms with Gasteiger partial charge in [0.25, 0.3) is 0 Å². The summed E-state index contributed by atoms with van der Waals surface area (Å²) in [6.07, 6.45) is 1.39. The van der Waals surface area contributed by atoms with E-state index in [2.05, 4.69) is 12.1 Å². The van der Waals surface area contributed by atoms with Crippen molar-refractivity contribution >= 4 is 17.7 Å². The molecule has 0 aliphatic carbocycles. The zero-order valence-corrected chi connectivity index (χ0v) is 12.7. The molecule has 0 amide bonds. The first-order valence-corrected chi connectivity index (χ1v) is 7.21. The predicted molar refractivity (Wildman–Crippen MR) is 84.8 cm³/mol. The molecule has 0 spiro atoms. The molecule has 0 saturated carbocycles. The average Bonchev–Trinajstić information content (AvgIpc) is 2.55. The highest BCUT2D eigenvalue weighted by Gasteiger charge is 2.12. The number of methoxy groups -OCH3 is 2. The first kappa shape index (κ1) is 15.2. The van der Waals surface area contributed by atoms with Gasteiger partial charge in [-0.15, -0.1) is 0 Å². The molecular weight excluding hydrogens is 284 g/mol. The molecule has 0 radical (unpaired) electrons. The molecule has 21 heavy (non-hydrogen) atoms. The molecule has 108 valence electrons. The summed E-state index contributed by atoms with van der Waals surface area (Å²) in [5.41, 5.74) is 2.23. The van der Waals surface area contributed by atoms with Crippen LogP contribution in [0.25, 0.3) is 11.1 Å². The van der Waals surface area contributed by atoms with Gasteiger partial charge < -0.3 is 9.47 Å². The van der Waals surface area contributed by atoms with Crippen molar-refractivity contribution in [2.45, 2.75) is 4.90 Å². The van der Waals surface area contributed by atoms with Crippen molar-refractivity contribution < 1.29 is 14.3 Å². The number of ether oxygens (including phenoxy) is 2. The van der Waals surface area contributed by atoms with Crippen molar-refractivity contribution in [3.63, 3.8) is 0 Å². The normalized spacial score (nSPS) is 11.0. The molecule has 0 atom stereocenters. The fraction of sp³-hybridized carbons (Fsp3) is 0.118. The van der Waals surface area contributed by atoms with Crippen molar-refractivity contribution in [2.24, 2.45) is 0 Å². The van der Waals surface area contributed by atoms with Crippen LogP contribution in [-0.4, -0.2) is 20.2 Å². The van der Waals surface area contributed by atoms with E-state index in [1.54, 1.807) is 0 Å². The Morgan fingerprint density at radius 1 is 1.00 bits per heavy atom. The lowest BCUT2D eigenvalue weighted by molar-refractivity contribution is -0.135. The maximum Gasteiger partial charge on any atom is 0.347 e. The van der Waals surface area contributed by atoms with E-state index in [9.17, 15) is 4.79 Å². The van der Waals surface area contributed by atoms with E-state index in [1.807, 2.05) is 42.5 Å². The largest absolute Gasteiger partial charge is 0.503 e. The van der Waals surface area contributed by atoms with E-state index in [0.717, 1.165) is 16.0 Å². The molecule has 2 rings (SSSR count). The third-order valence-electron chi connectivity index (χ3n) is 2.78. The predicted octanol–water partition coefficient (Wildman–Crippen LogP) is 4.11. The van der Waals surface area contributed by atoms with E-state index in [-0.39, 0.29) is 0 Å². The number of thioether (sulfide) groups is 1. The summed E-state index contributed by atoms with van der Waals surface area (Å²) >= 11 is 1.32. The SMILES string of the molecule is CO/C=C(\Sc1cccc(-c2ccccc2)c1)C(=O)OC. The summed E-state index contributed by atoms with van der Waals surface area (Å²) in [6.45, 7) is 0. The molecule has 0 aliphatic heterocycles. The fourth-order valence-electron chi connectivity index (χ4n) is 1.82. The molecule has 2 aromatic carbocycles. The molecule has 0 heterocycles. The molecule has 0 bridgehead atoms. The minimum atomic E-state index is -0.410. The number of benzene rings is 2. The van der Waals surface area contributed by atoms with Crippen LogP contribution in [0.1, 0.15) is 0 Å². The van der Waals surface area contributed by atoms with Crippen molar-refractivity contribution in [2.75, 3.05) is 14.2 Å². The summed E-state index contributed by atoms with van der Waals surface area (Å²) < 4.78 is 9.67. The highest BCUT2D eigenvalue weighted by atomic mass is 32.2. The second-order valence-electron chi connectivity index (χ2n) is 4.21. The number of carbonyl (C=O) groups excluding carboxylic acids is 1. The van der Waals surface area contributed by atoms with Gasteiger partial charge in [-0.3, -0.25) is 0 Å². The number of carbonyl (C=O) groups is 1. The molecular formula is C17H16O3S. The number of hydrogen-bond donors (Lipinski definition) is 0. The van der Waals surface area contributed by atoms with Crippen LogP contribution < -0.4 is 0 Å². The zero-order chi connectivity index (χ0) is 15.1. The van der Waals surface area contributed by atoms with Crippen molar-refractivity contribution in [1.82, 2.24) is 0 Å². The zero-order valence-electron chi connectivity index (χ0n) is 11.9. The Kier molecular flexibility index (Phi) is 5.46. The number of hydrogen-bond acceptors (Lipinski definition) is 4. The summed E-state index contributed by atoms with van der Waals surface area (Å²) in [7, 11) is 2.86. The summed E-state index contributed by atoms with van der Waals surface area (Å²) in [6, 6.07) is 18.1. The van der Waals surface area contributed by atoms with Crippen molar-refractivity contribution in [1.29, 1.82) is 0 Å². The van der Waals surface area contributed by atoms with Crippen LogP contribution in [0, 0.1) is 0 Å². The van der Waals surface area contributed by atoms with Gasteiger partial charge in [0.1, 0.15) is 11.2 Å². The molecule has 3 nitrogen and oxygen atoms in total. The van der Waals surface area contributed by atoms with Crippen molar-refractivity contribution in [3.8, 4) is 11.1 Å². The van der Waals surface area contributed by atoms with Gasteiger partial charge in [0, 0.05) is 4.90 Å². The molecule has 4 heteroatoms. The highest BCUT2D eigenvalue weighted by Crippen LogP contribution is 2.30. The lowest BCUT2D eigenvalue weighted by Crippen LogP contribution is -2.02. The Balaban J connectivity index is 2.25. The minimum absolute atomic E-state index is 0.408. The third-order valence-corrected chi connectivity index (χ3v) is 3.75. The Morgan fingerprint density at radius 2 is 1.71 bits per heavy atom. The Labute approximate surface area is 128 Å². The molecule has 0 aromatic heterocycles. The Hall–Kier alpha value is -2.20. The van der Waals surface area contributed by atoms with Gasteiger partial charge in [-0.05, 0) is 23.3 Å². The van der Waals surface area contributed by atoms with E-state index < -0.39 is 5.97 Å². The first-order chi connectivity index (χ1) is 10.2. The first-order valence-electron chi connectivity index (χ1n) is 6.39. The van der Waals surface area contributed by atoms with Crippen LogP contribution in [0.2, 0.25) is 0 Å². The van der Waals surface area contributed by atoms with Crippen LogP contribution >= 0.6 is 11.8 Å². The molecule has 0 fully saturated rings. The van der Waals surface area contributed by atoms with E-state index >= 15 is 0 Å². The molecule has 0 N–H and O–H groups in total. The number of esters is 1. The average molecular weight is 300 g/mol. The Morgan fingerprint density at radius 3 is 2.38 bits per heavy atom. The van der Waals surface area contributed by atoms with Gasteiger partial charge in [0.15, 0.2) is 0 Å². The summed E-state index contributed by atoms with van der Waals surface area (Å²) in [5, 5.41) is 0. The summed E-state index contributed by atoms with van der Waals surface area (Å²) in [5.74, 6) is -0.410. The maximum absolute atomic E-state index is 11.7. The quantitative estimate of drug-likeness (QED) is 0.360.